The number of nitriles is 1. The number of aromatic nitrogens is 1. The maximum atomic E-state index is 11.0. The van der Waals surface area contributed by atoms with E-state index in [9.17, 15) is 5.11 Å². The Morgan fingerprint density at radius 2 is 2.03 bits per heavy atom. The van der Waals surface area contributed by atoms with E-state index < -0.39 is 5.60 Å². The Morgan fingerprint density at radius 1 is 1.38 bits per heavy atom. The number of morpholine rings is 1. The maximum Gasteiger partial charge on any atom is 0.129 e. The lowest BCUT2D eigenvalue weighted by molar-refractivity contribution is -0.0709. The molecule has 5 heteroatoms. The molecule has 1 aliphatic heterocycles. The minimum absolute atomic E-state index is 0.204. The van der Waals surface area contributed by atoms with Gasteiger partial charge in [-0.2, -0.15) is 5.26 Å². The zero-order chi connectivity index (χ0) is 21.3. The number of allylic oxidation sites excluding steroid dienone is 5. The molecule has 1 aromatic rings. The third kappa shape index (κ3) is 6.03. The van der Waals surface area contributed by atoms with Gasteiger partial charge in [-0.05, 0) is 49.5 Å². The second-order valence-corrected chi connectivity index (χ2v) is 7.61. The molecule has 0 amide bonds. The third-order valence-electron chi connectivity index (χ3n) is 5.03. The van der Waals surface area contributed by atoms with Crippen LogP contribution in [0.25, 0.3) is 0 Å². The molecule has 1 N–H and O–H groups in total. The Hall–Kier alpha value is -2.42. The van der Waals surface area contributed by atoms with Gasteiger partial charge in [0.2, 0.25) is 0 Å². The fourth-order valence-corrected chi connectivity index (χ4v) is 3.58. The largest absolute Gasteiger partial charge is 0.384 e. The summed E-state index contributed by atoms with van der Waals surface area (Å²) in [7, 11) is 0. The summed E-state index contributed by atoms with van der Waals surface area (Å²) >= 11 is 0. The quantitative estimate of drug-likeness (QED) is 0.587. The summed E-state index contributed by atoms with van der Waals surface area (Å²) in [4.78, 5) is 6.91. The minimum atomic E-state index is -0.915. The highest BCUT2D eigenvalue weighted by Crippen LogP contribution is 2.48. The van der Waals surface area contributed by atoms with Crippen LogP contribution in [-0.2, 0) is 10.3 Å². The lowest BCUT2D eigenvalue weighted by Gasteiger charge is -2.44. The van der Waals surface area contributed by atoms with Crippen molar-refractivity contribution in [3.8, 4) is 6.07 Å². The van der Waals surface area contributed by atoms with Crippen LogP contribution in [-0.4, -0.2) is 36.4 Å². The number of hydrogen-bond acceptors (Lipinski definition) is 5. The molecule has 0 unspecified atom stereocenters. The Morgan fingerprint density at radius 3 is 2.62 bits per heavy atom. The van der Waals surface area contributed by atoms with Crippen LogP contribution in [0, 0.1) is 17.2 Å². The molecule has 1 aliphatic carbocycles. The molecule has 0 radical (unpaired) electrons. The molecule has 1 saturated heterocycles. The summed E-state index contributed by atoms with van der Waals surface area (Å²) in [5.41, 5.74) is 1.27. The van der Waals surface area contributed by atoms with Crippen LogP contribution < -0.4 is 4.90 Å². The van der Waals surface area contributed by atoms with Gasteiger partial charge in [-0.3, -0.25) is 0 Å². The van der Waals surface area contributed by atoms with Crippen LogP contribution in [0.3, 0.4) is 0 Å². The molecule has 1 saturated carbocycles. The average Bonchev–Trinajstić information content (AvgIpc) is 2.72. The van der Waals surface area contributed by atoms with E-state index in [1.807, 2.05) is 43.4 Å². The topological polar surface area (TPSA) is 69.4 Å². The number of ether oxygens (including phenoxy) is 1. The van der Waals surface area contributed by atoms with Crippen LogP contribution in [0.15, 0.2) is 54.2 Å². The molecule has 2 fully saturated rings. The first-order chi connectivity index (χ1) is 14.0. The molecule has 1 aromatic heterocycles. The van der Waals surface area contributed by atoms with E-state index in [4.69, 9.17) is 15.0 Å². The van der Waals surface area contributed by atoms with E-state index in [-0.39, 0.29) is 5.92 Å². The molecule has 156 valence electrons. The molecule has 0 atom stereocenters. The molecule has 0 aromatic carbocycles. The number of hydrogen-bond donors (Lipinski definition) is 1. The highest BCUT2D eigenvalue weighted by molar-refractivity contribution is 5.43. The van der Waals surface area contributed by atoms with Gasteiger partial charge in [0.15, 0.2) is 0 Å². The number of aliphatic hydroxyl groups is 1. The molecule has 2 heterocycles. The van der Waals surface area contributed by atoms with E-state index in [2.05, 4.69) is 31.4 Å². The molecular weight excluding hydrogens is 362 g/mol. The fourth-order valence-electron chi connectivity index (χ4n) is 3.58. The lowest BCUT2D eigenvalue weighted by atomic mass is 9.65. The summed E-state index contributed by atoms with van der Waals surface area (Å²) < 4.78 is 5.39. The predicted octanol–water partition coefficient (Wildman–Crippen LogP) is 4.51. The van der Waals surface area contributed by atoms with Crippen molar-refractivity contribution in [3.05, 3.63) is 59.8 Å². The second kappa shape index (κ2) is 10.9. The number of pyridine rings is 1. The van der Waals surface area contributed by atoms with E-state index in [0.717, 1.165) is 30.2 Å². The van der Waals surface area contributed by atoms with Gasteiger partial charge in [-0.15, -0.1) is 0 Å². The monoisotopic (exact) mass is 395 g/mol. The van der Waals surface area contributed by atoms with E-state index in [0.29, 0.717) is 31.6 Å². The summed E-state index contributed by atoms with van der Waals surface area (Å²) in [5, 5.41) is 20.0. The molecule has 2 aliphatic rings. The Balaban J connectivity index is 0.000000941. The van der Waals surface area contributed by atoms with Crippen LogP contribution in [0.2, 0.25) is 0 Å². The van der Waals surface area contributed by atoms with Crippen molar-refractivity contribution in [1.82, 2.24) is 4.98 Å². The second-order valence-electron chi connectivity index (χ2n) is 7.61. The summed E-state index contributed by atoms with van der Waals surface area (Å²) in [6.45, 7) is 13.0. The van der Waals surface area contributed by atoms with Crippen molar-refractivity contribution in [2.45, 2.75) is 45.6 Å². The summed E-state index contributed by atoms with van der Waals surface area (Å²) in [6.07, 6.45) is 8.19. The maximum absolute atomic E-state index is 11.0. The third-order valence-corrected chi connectivity index (χ3v) is 5.03. The van der Waals surface area contributed by atoms with Crippen LogP contribution in [0.4, 0.5) is 5.82 Å². The fraction of sp³-hybridized carbons (Fsp3) is 0.500. The molecule has 3 rings (SSSR count). The van der Waals surface area contributed by atoms with Crippen molar-refractivity contribution in [2.24, 2.45) is 5.92 Å². The normalized spacial score (nSPS) is 24.3. The number of anilines is 1. The van der Waals surface area contributed by atoms with Crippen LogP contribution >= 0.6 is 0 Å². The highest BCUT2D eigenvalue weighted by Gasteiger charge is 2.46. The van der Waals surface area contributed by atoms with Gasteiger partial charge >= 0.3 is 0 Å². The average molecular weight is 396 g/mol. The minimum Gasteiger partial charge on any atom is -0.384 e. The van der Waals surface area contributed by atoms with Gasteiger partial charge in [0.05, 0.1) is 25.0 Å². The van der Waals surface area contributed by atoms with Crippen molar-refractivity contribution in [1.29, 1.82) is 5.26 Å². The van der Waals surface area contributed by atoms with Gasteiger partial charge in [0.1, 0.15) is 11.4 Å². The zero-order valence-electron chi connectivity index (χ0n) is 17.9. The molecule has 5 nitrogen and oxygen atoms in total. The Bertz CT molecular complexity index is 780. The van der Waals surface area contributed by atoms with Gasteiger partial charge in [-0.1, -0.05) is 45.1 Å². The molecular formula is C24H33N3O2. The van der Waals surface area contributed by atoms with Gasteiger partial charge in [0.25, 0.3) is 0 Å². The standard InChI is InChI=1S/C21H25N3O2.C3H8/c1-3-5-17(12-16(2)15-22)18-13-21(25,14-18)19-6-4-7-20(23-19)24-8-10-26-11-9-24;1-3-2/h3-7,12,18,25H,2,8-11,13-14H2,1H3;3H2,1-2H3/b5-3-,17-12+;. The van der Waals surface area contributed by atoms with Crippen molar-refractivity contribution in [3.63, 3.8) is 0 Å². The SMILES string of the molecule is C=C(C#N)/C=C(\C=C/C)C1CC(O)(c2cccc(N3CCOCC3)n2)C1.CCC. The summed E-state index contributed by atoms with van der Waals surface area (Å²) in [6, 6.07) is 7.89. The van der Waals surface area contributed by atoms with Crippen LogP contribution in [0.1, 0.15) is 45.7 Å². The zero-order valence-corrected chi connectivity index (χ0v) is 17.9. The highest BCUT2D eigenvalue weighted by atomic mass is 16.5. The molecule has 0 spiro atoms. The molecule has 29 heavy (non-hydrogen) atoms. The van der Waals surface area contributed by atoms with Crippen LogP contribution in [0.5, 0.6) is 0 Å². The Labute approximate surface area is 175 Å². The van der Waals surface area contributed by atoms with Gasteiger partial charge in [0, 0.05) is 18.7 Å². The molecule has 0 bridgehead atoms. The summed E-state index contributed by atoms with van der Waals surface area (Å²) in [5.74, 6) is 1.10. The van der Waals surface area contributed by atoms with E-state index in [1.165, 1.54) is 6.42 Å². The first-order valence-electron chi connectivity index (χ1n) is 10.4. The first-order valence-corrected chi connectivity index (χ1v) is 10.4. The van der Waals surface area contributed by atoms with Gasteiger partial charge in [-0.25, -0.2) is 4.98 Å². The lowest BCUT2D eigenvalue weighted by Crippen LogP contribution is -2.43. The Kier molecular flexibility index (Phi) is 8.63. The number of nitrogens with zero attached hydrogens (tertiary/aromatic N) is 3. The predicted molar refractivity (Wildman–Crippen MR) is 118 cm³/mol. The van der Waals surface area contributed by atoms with E-state index >= 15 is 0 Å². The van der Waals surface area contributed by atoms with Crippen molar-refractivity contribution < 1.29 is 9.84 Å². The first kappa shape index (κ1) is 22.9. The van der Waals surface area contributed by atoms with Gasteiger partial charge < -0.3 is 14.7 Å². The number of rotatable bonds is 5. The van der Waals surface area contributed by atoms with E-state index in [1.54, 1.807) is 0 Å². The van der Waals surface area contributed by atoms with Crippen molar-refractivity contribution >= 4 is 5.82 Å². The smallest absolute Gasteiger partial charge is 0.129 e. The van der Waals surface area contributed by atoms with Crippen molar-refractivity contribution in [2.75, 3.05) is 31.2 Å².